The molecule has 0 fully saturated rings. The van der Waals surface area contributed by atoms with Crippen LogP contribution in [0, 0.1) is 0 Å². The summed E-state index contributed by atoms with van der Waals surface area (Å²) in [6, 6.07) is 11.1. The molecule has 0 aromatic heterocycles. The number of carbonyl (C=O) groups excluding carboxylic acids is 1. The van der Waals surface area contributed by atoms with Crippen LogP contribution in [0.3, 0.4) is 0 Å². The van der Waals surface area contributed by atoms with Crippen molar-refractivity contribution >= 4 is 21.8 Å². The third-order valence-electron chi connectivity index (χ3n) is 3.54. The zero-order valence-electron chi connectivity index (χ0n) is 13.9. The molecule has 6 heteroatoms. The second kappa shape index (κ2) is 8.59. The van der Waals surface area contributed by atoms with Crippen molar-refractivity contribution in [2.24, 2.45) is 0 Å². The van der Waals surface area contributed by atoms with Crippen LogP contribution in [0.5, 0.6) is 17.2 Å². The van der Waals surface area contributed by atoms with Crippen LogP contribution in [0.15, 0.2) is 40.9 Å². The van der Waals surface area contributed by atoms with Gasteiger partial charge in [0.2, 0.25) is 5.75 Å². The number of nitrogens with one attached hydrogen (secondary N) is 1. The number of methoxy groups -OCH3 is 3. The molecule has 0 unspecified atom stereocenters. The van der Waals surface area contributed by atoms with Gasteiger partial charge in [0, 0.05) is 11.0 Å². The SMILES string of the molecule is COc1cc(CCNC(=O)c2ccccc2Br)cc(OC)c1OC. The number of carbonyl (C=O) groups is 1. The number of rotatable bonds is 7. The Kier molecular flexibility index (Phi) is 6.49. The molecule has 0 heterocycles. The average molecular weight is 394 g/mol. The molecule has 0 radical (unpaired) electrons. The van der Waals surface area contributed by atoms with E-state index in [9.17, 15) is 4.79 Å². The highest BCUT2D eigenvalue weighted by Gasteiger charge is 2.13. The van der Waals surface area contributed by atoms with Gasteiger partial charge in [0.05, 0.1) is 26.9 Å². The molecule has 0 spiro atoms. The molecule has 128 valence electrons. The van der Waals surface area contributed by atoms with E-state index in [0.29, 0.717) is 35.8 Å². The van der Waals surface area contributed by atoms with Crippen LogP contribution in [0.4, 0.5) is 0 Å². The molecule has 0 aliphatic carbocycles. The van der Waals surface area contributed by atoms with Gasteiger partial charge in [-0.25, -0.2) is 0 Å². The Hall–Kier alpha value is -2.21. The van der Waals surface area contributed by atoms with Crippen LogP contribution >= 0.6 is 15.9 Å². The van der Waals surface area contributed by atoms with Crippen molar-refractivity contribution in [3.63, 3.8) is 0 Å². The zero-order chi connectivity index (χ0) is 17.5. The first-order valence-electron chi connectivity index (χ1n) is 7.42. The van der Waals surface area contributed by atoms with Crippen molar-refractivity contribution in [2.45, 2.75) is 6.42 Å². The lowest BCUT2D eigenvalue weighted by atomic mass is 10.1. The lowest BCUT2D eigenvalue weighted by Gasteiger charge is -2.14. The number of halogens is 1. The van der Waals surface area contributed by atoms with Gasteiger partial charge in [-0.05, 0) is 52.2 Å². The lowest BCUT2D eigenvalue weighted by molar-refractivity contribution is 0.0953. The highest BCUT2D eigenvalue weighted by atomic mass is 79.9. The number of amides is 1. The molecule has 24 heavy (non-hydrogen) atoms. The summed E-state index contributed by atoms with van der Waals surface area (Å²) < 4.78 is 16.7. The second-order valence-corrected chi connectivity index (χ2v) is 5.87. The largest absolute Gasteiger partial charge is 0.493 e. The molecule has 2 aromatic rings. The summed E-state index contributed by atoms with van der Waals surface area (Å²) in [5, 5.41) is 2.91. The molecule has 0 bridgehead atoms. The third-order valence-corrected chi connectivity index (χ3v) is 4.23. The molecule has 1 amide bonds. The van der Waals surface area contributed by atoms with Gasteiger partial charge < -0.3 is 19.5 Å². The predicted octanol–water partition coefficient (Wildman–Crippen LogP) is 3.45. The molecule has 5 nitrogen and oxygen atoms in total. The number of hydrogen-bond acceptors (Lipinski definition) is 4. The smallest absolute Gasteiger partial charge is 0.252 e. The number of ether oxygens (including phenoxy) is 3. The molecular formula is C18H20BrNO4. The van der Waals surface area contributed by atoms with Crippen molar-refractivity contribution in [3.05, 3.63) is 52.0 Å². The van der Waals surface area contributed by atoms with E-state index in [1.165, 1.54) is 0 Å². The van der Waals surface area contributed by atoms with E-state index >= 15 is 0 Å². The molecule has 0 aliphatic rings. The summed E-state index contributed by atoms with van der Waals surface area (Å²) in [5.74, 6) is 1.64. The van der Waals surface area contributed by atoms with Crippen molar-refractivity contribution < 1.29 is 19.0 Å². The molecule has 0 aliphatic heterocycles. The van der Waals surface area contributed by atoms with Gasteiger partial charge >= 0.3 is 0 Å². The van der Waals surface area contributed by atoms with E-state index in [2.05, 4.69) is 21.2 Å². The number of hydrogen-bond donors (Lipinski definition) is 1. The summed E-state index contributed by atoms with van der Waals surface area (Å²) >= 11 is 3.38. The fourth-order valence-corrected chi connectivity index (χ4v) is 2.81. The number of benzene rings is 2. The molecule has 0 saturated heterocycles. The van der Waals surface area contributed by atoms with E-state index in [1.54, 1.807) is 27.4 Å². The maximum Gasteiger partial charge on any atom is 0.252 e. The van der Waals surface area contributed by atoms with Crippen molar-refractivity contribution in [1.82, 2.24) is 5.32 Å². The first-order valence-corrected chi connectivity index (χ1v) is 8.21. The van der Waals surface area contributed by atoms with Crippen LogP contribution < -0.4 is 19.5 Å². The van der Waals surface area contributed by atoms with Gasteiger partial charge in [0.15, 0.2) is 11.5 Å². The molecule has 0 atom stereocenters. The highest BCUT2D eigenvalue weighted by Crippen LogP contribution is 2.38. The predicted molar refractivity (Wildman–Crippen MR) is 96.3 cm³/mol. The average Bonchev–Trinajstić information content (AvgIpc) is 2.60. The van der Waals surface area contributed by atoms with E-state index in [0.717, 1.165) is 10.0 Å². The summed E-state index contributed by atoms with van der Waals surface area (Å²) in [4.78, 5) is 12.2. The van der Waals surface area contributed by atoms with Gasteiger partial charge in [-0.3, -0.25) is 4.79 Å². The topological polar surface area (TPSA) is 56.8 Å². The normalized spacial score (nSPS) is 10.2. The minimum absolute atomic E-state index is 0.116. The van der Waals surface area contributed by atoms with Crippen LogP contribution in [0.25, 0.3) is 0 Å². The minimum Gasteiger partial charge on any atom is -0.493 e. The van der Waals surface area contributed by atoms with Crippen LogP contribution in [0.1, 0.15) is 15.9 Å². The fourth-order valence-electron chi connectivity index (χ4n) is 2.34. The van der Waals surface area contributed by atoms with Gasteiger partial charge in [0.1, 0.15) is 0 Å². The Balaban J connectivity index is 2.04. The van der Waals surface area contributed by atoms with E-state index in [1.807, 2.05) is 30.3 Å². The third kappa shape index (κ3) is 4.20. The molecule has 1 N–H and O–H groups in total. The van der Waals surface area contributed by atoms with Crippen LogP contribution in [-0.2, 0) is 6.42 Å². The van der Waals surface area contributed by atoms with E-state index < -0.39 is 0 Å². The summed E-state index contributed by atoms with van der Waals surface area (Å²) in [7, 11) is 4.73. The Bertz CT molecular complexity index is 693. The summed E-state index contributed by atoms with van der Waals surface area (Å²) in [5.41, 5.74) is 1.60. The first kappa shape index (κ1) is 18.1. The standard InChI is InChI=1S/C18H20BrNO4/c1-22-15-10-12(11-16(23-2)17(15)24-3)8-9-20-18(21)13-6-4-5-7-14(13)19/h4-7,10-11H,8-9H2,1-3H3,(H,20,21). The maximum atomic E-state index is 12.2. The highest BCUT2D eigenvalue weighted by molar-refractivity contribution is 9.10. The Morgan fingerprint density at radius 3 is 2.21 bits per heavy atom. The minimum atomic E-state index is -0.116. The Morgan fingerprint density at radius 1 is 1.04 bits per heavy atom. The monoisotopic (exact) mass is 393 g/mol. The first-order chi connectivity index (χ1) is 11.6. The van der Waals surface area contributed by atoms with E-state index in [-0.39, 0.29) is 5.91 Å². The molecule has 0 saturated carbocycles. The lowest BCUT2D eigenvalue weighted by Crippen LogP contribution is -2.26. The van der Waals surface area contributed by atoms with Gasteiger partial charge in [0.25, 0.3) is 5.91 Å². The van der Waals surface area contributed by atoms with E-state index in [4.69, 9.17) is 14.2 Å². The molecular weight excluding hydrogens is 374 g/mol. The van der Waals surface area contributed by atoms with Crippen molar-refractivity contribution in [2.75, 3.05) is 27.9 Å². The van der Waals surface area contributed by atoms with Crippen LogP contribution in [-0.4, -0.2) is 33.8 Å². The fraction of sp³-hybridized carbons (Fsp3) is 0.278. The Morgan fingerprint density at radius 2 is 1.67 bits per heavy atom. The van der Waals surface area contributed by atoms with Gasteiger partial charge in [-0.1, -0.05) is 12.1 Å². The second-order valence-electron chi connectivity index (χ2n) is 5.02. The molecule has 2 rings (SSSR count). The molecule has 2 aromatic carbocycles. The maximum absolute atomic E-state index is 12.2. The van der Waals surface area contributed by atoms with Gasteiger partial charge in [-0.15, -0.1) is 0 Å². The zero-order valence-corrected chi connectivity index (χ0v) is 15.5. The van der Waals surface area contributed by atoms with Crippen LogP contribution in [0.2, 0.25) is 0 Å². The van der Waals surface area contributed by atoms with Crippen molar-refractivity contribution in [1.29, 1.82) is 0 Å². The summed E-state index contributed by atoms with van der Waals surface area (Å²) in [6.45, 7) is 0.499. The summed E-state index contributed by atoms with van der Waals surface area (Å²) in [6.07, 6.45) is 0.646. The van der Waals surface area contributed by atoms with Gasteiger partial charge in [-0.2, -0.15) is 0 Å². The van der Waals surface area contributed by atoms with Crippen molar-refractivity contribution in [3.8, 4) is 17.2 Å². The Labute approximate surface area is 150 Å². The quantitative estimate of drug-likeness (QED) is 0.782.